The molecule has 1 saturated heterocycles. The van der Waals surface area contributed by atoms with E-state index in [0.29, 0.717) is 0 Å². The molecule has 124 valence electrons. The summed E-state index contributed by atoms with van der Waals surface area (Å²) in [5.41, 5.74) is 0.794. The van der Waals surface area contributed by atoms with Crippen molar-refractivity contribution in [1.29, 1.82) is 0 Å². The number of amides is 1. The topological polar surface area (TPSA) is 68.2 Å². The molecule has 1 aliphatic heterocycles. The minimum absolute atomic E-state index is 0.0693. The van der Waals surface area contributed by atoms with E-state index in [-0.39, 0.29) is 17.9 Å². The van der Waals surface area contributed by atoms with E-state index in [0.717, 1.165) is 17.9 Å². The van der Waals surface area contributed by atoms with Gasteiger partial charge in [-0.15, -0.1) is 0 Å². The van der Waals surface area contributed by atoms with Crippen LogP contribution >= 0.6 is 0 Å². The Morgan fingerprint density at radius 3 is 2.52 bits per heavy atom. The van der Waals surface area contributed by atoms with Crippen molar-refractivity contribution in [3.63, 3.8) is 0 Å². The van der Waals surface area contributed by atoms with Crippen LogP contribution in [0.3, 0.4) is 0 Å². The lowest BCUT2D eigenvalue weighted by molar-refractivity contribution is -0.141. The maximum atomic E-state index is 12.3. The maximum absolute atomic E-state index is 12.3. The van der Waals surface area contributed by atoms with E-state index in [1.54, 1.807) is 25.1 Å². The molecule has 0 saturated carbocycles. The summed E-state index contributed by atoms with van der Waals surface area (Å²) in [6.07, 6.45) is 2.41. The molecule has 0 aromatic heterocycles. The molecule has 1 fully saturated rings. The standard InChI is InChI=1S/C17H22N2O4/c1-5-14-15(10-18-11(2)17(21)23-4)19(16(14)20)12-6-8-13(22-3)9-7-12/h6-11,14-15H,5H2,1-4H3/t11?,14-,15+/m1/s1. The van der Waals surface area contributed by atoms with Gasteiger partial charge in [-0.1, -0.05) is 6.92 Å². The van der Waals surface area contributed by atoms with Gasteiger partial charge in [0.2, 0.25) is 5.91 Å². The molecule has 0 spiro atoms. The number of ether oxygens (including phenoxy) is 2. The third kappa shape index (κ3) is 3.36. The number of aliphatic imine (C=N–C) groups is 1. The highest BCUT2D eigenvalue weighted by molar-refractivity contribution is 6.08. The highest BCUT2D eigenvalue weighted by Crippen LogP contribution is 2.34. The maximum Gasteiger partial charge on any atom is 0.330 e. The fourth-order valence-electron chi connectivity index (χ4n) is 2.65. The number of anilines is 1. The van der Waals surface area contributed by atoms with Crippen molar-refractivity contribution >= 4 is 23.8 Å². The highest BCUT2D eigenvalue weighted by Gasteiger charge is 2.45. The summed E-state index contributed by atoms with van der Waals surface area (Å²) in [4.78, 5) is 29.7. The van der Waals surface area contributed by atoms with Gasteiger partial charge < -0.3 is 14.4 Å². The van der Waals surface area contributed by atoms with Crippen molar-refractivity contribution in [3.05, 3.63) is 24.3 Å². The molecule has 0 N–H and O–H groups in total. The SMILES string of the molecule is CC[C@H]1C(=O)N(c2ccc(OC)cc2)[C@H]1C=NC(C)C(=O)OC. The van der Waals surface area contributed by atoms with E-state index in [4.69, 9.17) is 4.74 Å². The molecule has 1 amide bonds. The van der Waals surface area contributed by atoms with Gasteiger partial charge >= 0.3 is 5.97 Å². The number of methoxy groups -OCH3 is 2. The molecule has 1 unspecified atom stereocenters. The number of nitrogens with zero attached hydrogens (tertiary/aromatic N) is 2. The van der Waals surface area contributed by atoms with Gasteiger partial charge in [-0.3, -0.25) is 9.79 Å². The van der Waals surface area contributed by atoms with Crippen molar-refractivity contribution in [3.8, 4) is 5.75 Å². The van der Waals surface area contributed by atoms with Crippen LogP contribution in [-0.2, 0) is 14.3 Å². The van der Waals surface area contributed by atoms with Gasteiger partial charge in [-0.2, -0.15) is 0 Å². The number of benzene rings is 1. The molecule has 0 radical (unpaired) electrons. The Hall–Kier alpha value is -2.37. The first-order valence-corrected chi connectivity index (χ1v) is 7.61. The smallest absolute Gasteiger partial charge is 0.330 e. The second-order valence-electron chi connectivity index (χ2n) is 5.41. The summed E-state index contributed by atoms with van der Waals surface area (Å²) in [5.74, 6) is 0.305. The Kier molecular flexibility index (Phi) is 5.36. The molecule has 6 nitrogen and oxygen atoms in total. The summed E-state index contributed by atoms with van der Waals surface area (Å²) >= 11 is 0. The third-order valence-electron chi connectivity index (χ3n) is 4.06. The minimum Gasteiger partial charge on any atom is -0.497 e. The van der Waals surface area contributed by atoms with Crippen LogP contribution in [0.1, 0.15) is 20.3 Å². The number of hydrogen-bond acceptors (Lipinski definition) is 5. The van der Waals surface area contributed by atoms with E-state index in [9.17, 15) is 9.59 Å². The van der Waals surface area contributed by atoms with Crippen LogP contribution in [0.5, 0.6) is 5.75 Å². The number of carbonyl (C=O) groups excluding carboxylic acids is 2. The van der Waals surface area contributed by atoms with Crippen molar-refractivity contribution in [1.82, 2.24) is 0 Å². The second-order valence-corrected chi connectivity index (χ2v) is 5.41. The molecule has 1 heterocycles. The summed E-state index contributed by atoms with van der Waals surface area (Å²) in [7, 11) is 2.93. The minimum atomic E-state index is -0.578. The quantitative estimate of drug-likeness (QED) is 0.457. The van der Waals surface area contributed by atoms with Crippen LogP contribution in [0.15, 0.2) is 29.3 Å². The number of β-lactam (4-membered cyclic amide) rings is 1. The molecule has 1 aromatic carbocycles. The number of rotatable bonds is 6. The number of hydrogen-bond donors (Lipinski definition) is 0. The molecule has 0 bridgehead atoms. The molecule has 2 rings (SSSR count). The number of esters is 1. The summed E-state index contributed by atoms with van der Waals surface area (Å²) in [5, 5.41) is 0. The van der Waals surface area contributed by atoms with Crippen LogP contribution in [0, 0.1) is 5.92 Å². The second kappa shape index (κ2) is 7.26. The molecule has 23 heavy (non-hydrogen) atoms. The molecule has 3 atom stereocenters. The van der Waals surface area contributed by atoms with Gasteiger partial charge in [0, 0.05) is 11.9 Å². The predicted octanol–water partition coefficient (Wildman–Crippen LogP) is 2.07. The fraction of sp³-hybridized carbons (Fsp3) is 0.471. The average molecular weight is 318 g/mol. The van der Waals surface area contributed by atoms with Gasteiger partial charge in [0.05, 0.1) is 26.2 Å². The van der Waals surface area contributed by atoms with Gasteiger partial charge in [-0.05, 0) is 37.6 Å². The van der Waals surface area contributed by atoms with Crippen LogP contribution in [0.2, 0.25) is 0 Å². The number of carbonyl (C=O) groups is 2. The predicted molar refractivity (Wildman–Crippen MR) is 88.0 cm³/mol. The largest absolute Gasteiger partial charge is 0.497 e. The lowest BCUT2D eigenvalue weighted by Gasteiger charge is -2.45. The van der Waals surface area contributed by atoms with Crippen LogP contribution < -0.4 is 9.64 Å². The van der Waals surface area contributed by atoms with Crippen molar-refractivity contribution in [2.45, 2.75) is 32.4 Å². The summed E-state index contributed by atoms with van der Waals surface area (Å²) in [6.45, 7) is 3.64. The first-order chi connectivity index (χ1) is 11.0. The molecule has 1 aliphatic rings. The summed E-state index contributed by atoms with van der Waals surface area (Å²) in [6, 6.07) is 6.58. The van der Waals surface area contributed by atoms with E-state index >= 15 is 0 Å². The Labute approximate surface area is 136 Å². The molecular formula is C17H22N2O4. The van der Waals surface area contributed by atoms with Gasteiger partial charge in [-0.25, -0.2) is 4.79 Å². The zero-order chi connectivity index (χ0) is 17.0. The van der Waals surface area contributed by atoms with Crippen molar-refractivity contribution in [2.24, 2.45) is 10.9 Å². The molecule has 1 aromatic rings. The molecule has 6 heteroatoms. The summed E-state index contributed by atoms with van der Waals surface area (Å²) < 4.78 is 9.79. The molecule has 0 aliphatic carbocycles. The van der Waals surface area contributed by atoms with E-state index in [1.165, 1.54) is 7.11 Å². The first kappa shape index (κ1) is 17.0. The monoisotopic (exact) mass is 318 g/mol. The Balaban J connectivity index is 2.18. The lowest BCUT2D eigenvalue weighted by atomic mass is 9.85. The molecular weight excluding hydrogens is 296 g/mol. The van der Waals surface area contributed by atoms with Crippen LogP contribution in [0.25, 0.3) is 0 Å². The van der Waals surface area contributed by atoms with E-state index < -0.39 is 12.0 Å². The van der Waals surface area contributed by atoms with E-state index in [2.05, 4.69) is 9.73 Å². The zero-order valence-corrected chi connectivity index (χ0v) is 13.9. The van der Waals surface area contributed by atoms with Gasteiger partial charge in [0.25, 0.3) is 0 Å². The average Bonchev–Trinajstić information content (AvgIpc) is 2.58. The van der Waals surface area contributed by atoms with Crippen molar-refractivity contribution < 1.29 is 19.1 Å². The lowest BCUT2D eigenvalue weighted by Crippen LogP contribution is -2.62. The zero-order valence-electron chi connectivity index (χ0n) is 13.9. The van der Waals surface area contributed by atoms with Crippen molar-refractivity contribution in [2.75, 3.05) is 19.1 Å². The van der Waals surface area contributed by atoms with Crippen LogP contribution in [-0.4, -0.2) is 44.4 Å². The highest BCUT2D eigenvalue weighted by atomic mass is 16.5. The van der Waals surface area contributed by atoms with Crippen LogP contribution in [0.4, 0.5) is 5.69 Å². The first-order valence-electron chi connectivity index (χ1n) is 7.61. The Morgan fingerprint density at radius 1 is 1.35 bits per heavy atom. The fourth-order valence-corrected chi connectivity index (χ4v) is 2.65. The Morgan fingerprint density at radius 2 is 2.00 bits per heavy atom. The Bertz CT molecular complexity index is 597. The van der Waals surface area contributed by atoms with Gasteiger partial charge in [0.15, 0.2) is 0 Å². The normalized spacial score (nSPS) is 21.9. The van der Waals surface area contributed by atoms with Gasteiger partial charge in [0.1, 0.15) is 11.8 Å². The third-order valence-corrected chi connectivity index (χ3v) is 4.06. The van der Waals surface area contributed by atoms with E-state index in [1.807, 2.05) is 31.2 Å².